The van der Waals surface area contributed by atoms with Crippen LogP contribution >= 0.6 is 0 Å². The number of carbonyl (C=O) groups is 2. The molecule has 0 aliphatic carbocycles. The molecule has 2 aliphatic rings. The number of imide groups is 1. The molecule has 3 aromatic rings. The molecule has 0 aromatic heterocycles. The third-order valence-electron chi connectivity index (χ3n) is 5.85. The number of para-hydroxylation sites is 2. The van der Waals surface area contributed by atoms with Gasteiger partial charge < -0.3 is 0 Å². The smallest absolute Gasteiger partial charge is 0.274 e. The van der Waals surface area contributed by atoms with Crippen LogP contribution in [0.3, 0.4) is 0 Å². The molecule has 8 heteroatoms. The van der Waals surface area contributed by atoms with Crippen LogP contribution in [-0.4, -0.2) is 27.7 Å². The SMILES string of the molecule is O=C1[C@H]2[C@H](ON(c3ccccc3)[C@@H]2c2ccccc2[N+](=O)[O-])C(=O)N1Cc1ccccc1. The Morgan fingerprint density at radius 2 is 1.47 bits per heavy atom. The molecule has 0 N–H and O–H groups in total. The zero-order valence-corrected chi connectivity index (χ0v) is 16.9. The first-order valence-corrected chi connectivity index (χ1v) is 10.2. The summed E-state index contributed by atoms with van der Waals surface area (Å²) in [7, 11) is 0. The van der Waals surface area contributed by atoms with Crippen molar-refractivity contribution in [3.05, 3.63) is 106 Å². The second-order valence-corrected chi connectivity index (χ2v) is 7.72. The van der Waals surface area contributed by atoms with E-state index in [0.717, 1.165) is 5.56 Å². The van der Waals surface area contributed by atoms with Gasteiger partial charge in [-0.05, 0) is 23.8 Å². The molecule has 2 saturated heterocycles. The maximum absolute atomic E-state index is 13.5. The van der Waals surface area contributed by atoms with Crippen molar-refractivity contribution in [3.63, 3.8) is 0 Å². The minimum absolute atomic E-state index is 0.121. The van der Waals surface area contributed by atoms with Crippen molar-refractivity contribution in [2.45, 2.75) is 18.7 Å². The second-order valence-electron chi connectivity index (χ2n) is 7.72. The van der Waals surface area contributed by atoms with Crippen molar-refractivity contribution in [2.75, 3.05) is 5.06 Å². The lowest BCUT2D eigenvalue weighted by atomic mass is 9.89. The molecule has 2 fully saturated rings. The maximum Gasteiger partial charge on any atom is 0.274 e. The molecule has 0 saturated carbocycles. The number of nitro benzene ring substituents is 1. The molecule has 160 valence electrons. The standard InChI is InChI=1S/C24H19N3O5/c28-23-20-21(18-13-7-8-14-19(18)27(30)31)26(17-11-5-2-6-12-17)32-22(20)24(29)25(23)15-16-9-3-1-4-10-16/h1-14,20-22H,15H2/t20-,21-,22+/m1/s1. The number of fused-ring (bicyclic) bond motifs is 1. The fourth-order valence-electron chi connectivity index (χ4n) is 4.41. The minimum atomic E-state index is -1.05. The highest BCUT2D eigenvalue weighted by molar-refractivity contribution is 6.07. The number of rotatable bonds is 5. The van der Waals surface area contributed by atoms with Crippen LogP contribution in [-0.2, 0) is 21.0 Å². The molecular weight excluding hydrogens is 410 g/mol. The third-order valence-corrected chi connectivity index (χ3v) is 5.85. The van der Waals surface area contributed by atoms with E-state index in [1.807, 2.05) is 36.4 Å². The Bertz CT molecular complexity index is 1180. The van der Waals surface area contributed by atoms with E-state index in [4.69, 9.17) is 4.84 Å². The Kier molecular flexibility index (Phi) is 4.91. The Balaban J connectivity index is 1.58. The van der Waals surface area contributed by atoms with E-state index in [2.05, 4.69) is 0 Å². The van der Waals surface area contributed by atoms with Crippen LogP contribution in [0.25, 0.3) is 0 Å². The molecule has 2 amide bonds. The summed E-state index contributed by atoms with van der Waals surface area (Å²) < 4.78 is 0. The zero-order valence-electron chi connectivity index (χ0n) is 16.9. The molecule has 3 atom stereocenters. The summed E-state index contributed by atoms with van der Waals surface area (Å²) >= 11 is 0. The van der Waals surface area contributed by atoms with E-state index < -0.39 is 34.8 Å². The van der Waals surface area contributed by atoms with E-state index >= 15 is 0 Å². The number of hydrogen-bond donors (Lipinski definition) is 0. The highest BCUT2D eigenvalue weighted by Crippen LogP contribution is 2.48. The van der Waals surface area contributed by atoms with Crippen LogP contribution in [0.2, 0.25) is 0 Å². The van der Waals surface area contributed by atoms with Gasteiger partial charge in [-0.1, -0.05) is 60.7 Å². The average molecular weight is 429 g/mol. The summed E-state index contributed by atoms with van der Waals surface area (Å²) in [6, 6.07) is 23.6. The highest BCUT2D eigenvalue weighted by atomic mass is 16.7. The molecular formula is C24H19N3O5. The first kappa shape index (κ1) is 19.9. The topological polar surface area (TPSA) is 93.0 Å². The van der Waals surface area contributed by atoms with Crippen molar-refractivity contribution in [1.29, 1.82) is 0 Å². The van der Waals surface area contributed by atoms with E-state index in [9.17, 15) is 19.7 Å². The van der Waals surface area contributed by atoms with Crippen LogP contribution in [0.1, 0.15) is 17.2 Å². The van der Waals surface area contributed by atoms with Crippen molar-refractivity contribution in [1.82, 2.24) is 4.90 Å². The number of carbonyl (C=O) groups excluding carboxylic acids is 2. The van der Waals surface area contributed by atoms with Crippen LogP contribution in [0.4, 0.5) is 11.4 Å². The number of amides is 2. The molecule has 32 heavy (non-hydrogen) atoms. The summed E-state index contributed by atoms with van der Waals surface area (Å²) in [5.41, 5.74) is 1.64. The Hall–Kier alpha value is -4.04. The quantitative estimate of drug-likeness (QED) is 0.349. The molecule has 8 nitrogen and oxygen atoms in total. The van der Waals surface area contributed by atoms with Crippen LogP contribution in [0.5, 0.6) is 0 Å². The Morgan fingerprint density at radius 3 is 2.16 bits per heavy atom. The van der Waals surface area contributed by atoms with Gasteiger partial charge in [0.25, 0.3) is 11.6 Å². The summed E-state index contributed by atoms with van der Waals surface area (Å²) in [5.74, 6) is -1.73. The predicted octanol–water partition coefficient (Wildman–Crippen LogP) is 3.64. The second kappa shape index (κ2) is 7.90. The van der Waals surface area contributed by atoms with Gasteiger partial charge in [0.15, 0.2) is 6.10 Å². The first-order valence-electron chi connectivity index (χ1n) is 10.2. The maximum atomic E-state index is 13.5. The number of likely N-dealkylation sites (tertiary alicyclic amines) is 1. The Morgan fingerprint density at radius 1 is 0.844 bits per heavy atom. The van der Waals surface area contributed by atoms with Gasteiger partial charge in [0.05, 0.1) is 22.7 Å². The summed E-state index contributed by atoms with van der Waals surface area (Å²) in [5, 5.41) is 13.2. The lowest BCUT2D eigenvalue weighted by molar-refractivity contribution is -0.385. The lowest BCUT2D eigenvalue weighted by Crippen LogP contribution is -2.37. The van der Waals surface area contributed by atoms with Crippen LogP contribution in [0, 0.1) is 16.0 Å². The molecule has 0 radical (unpaired) electrons. The molecule has 0 bridgehead atoms. The number of nitrogens with zero attached hydrogens (tertiary/aromatic N) is 3. The van der Waals surface area contributed by atoms with Gasteiger partial charge >= 0.3 is 0 Å². The van der Waals surface area contributed by atoms with Crippen molar-refractivity contribution in [2.24, 2.45) is 5.92 Å². The van der Waals surface area contributed by atoms with E-state index in [1.165, 1.54) is 16.0 Å². The molecule has 5 rings (SSSR count). The molecule has 2 aliphatic heterocycles. The summed E-state index contributed by atoms with van der Waals surface area (Å²) in [6.07, 6.45) is -1.05. The lowest BCUT2D eigenvalue weighted by Gasteiger charge is -2.28. The molecule has 2 heterocycles. The summed E-state index contributed by atoms with van der Waals surface area (Å²) in [6.45, 7) is 0.129. The fraction of sp³-hybridized carbons (Fsp3) is 0.167. The highest BCUT2D eigenvalue weighted by Gasteiger charge is 2.60. The van der Waals surface area contributed by atoms with Crippen molar-refractivity contribution >= 4 is 23.2 Å². The van der Waals surface area contributed by atoms with Gasteiger partial charge in [0.2, 0.25) is 5.91 Å². The number of hydrogen-bond acceptors (Lipinski definition) is 6. The molecule has 0 spiro atoms. The zero-order chi connectivity index (χ0) is 22.2. The van der Waals surface area contributed by atoms with Crippen LogP contribution in [0.15, 0.2) is 84.9 Å². The normalized spacial score (nSPS) is 22.3. The van der Waals surface area contributed by atoms with E-state index in [-0.39, 0.29) is 12.2 Å². The van der Waals surface area contributed by atoms with Gasteiger partial charge in [-0.3, -0.25) is 29.4 Å². The minimum Gasteiger partial charge on any atom is -0.275 e. The number of nitro groups is 1. The van der Waals surface area contributed by atoms with Gasteiger partial charge in [0.1, 0.15) is 12.0 Å². The van der Waals surface area contributed by atoms with Crippen LogP contribution < -0.4 is 5.06 Å². The van der Waals surface area contributed by atoms with E-state index in [0.29, 0.717) is 11.3 Å². The Labute approximate surface area is 183 Å². The van der Waals surface area contributed by atoms with Gasteiger partial charge in [-0.15, -0.1) is 0 Å². The third kappa shape index (κ3) is 3.21. The average Bonchev–Trinajstić information content (AvgIpc) is 3.32. The van der Waals surface area contributed by atoms with Gasteiger partial charge in [-0.2, -0.15) is 0 Å². The molecule has 3 aromatic carbocycles. The number of hydroxylamine groups is 1. The van der Waals surface area contributed by atoms with E-state index in [1.54, 1.807) is 42.5 Å². The van der Waals surface area contributed by atoms with Gasteiger partial charge in [0, 0.05) is 6.07 Å². The first-order chi connectivity index (χ1) is 15.6. The fourth-order valence-corrected chi connectivity index (χ4v) is 4.41. The predicted molar refractivity (Wildman–Crippen MR) is 115 cm³/mol. The monoisotopic (exact) mass is 429 g/mol. The summed E-state index contributed by atoms with van der Waals surface area (Å²) in [4.78, 5) is 45.1. The van der Waals surface area contributed by atoms with Crippen molar-refractivity contribution < 1.29 is 19.3 Å². The van der Waals surface area contributed by atoms with Crippen molar-refractivity contribution in [3.8, 4) is 0 Å². The number of benzene rings is 3. The molecule has 0 unspecified atom stereocenters. The number of anilines is 1. The van der Waals surface area contributed by atoms with Gasteiger partial charge in [-0.25, -0.2) is 5.06 Å². The largest absolute Gasteiger partial charge is 0.275 e.